The number of amides is 2. The Morgan fingerprint density at radius 3 is 2.04 bits per heavy atom. The molecule has 0 spiro atoms. The van der Waals surface area contributed by atoms with Crippen molar-refractivity contribution in [1.82, 2.24) is 9.80 Å². The third-order valence-corrected chi connectivity index (χ3v) is 3.70. The Bertz CT molecular complexity index is 685. The van der Waals surface area contributed by atoms with E-state index in [1.54, 1.807) is 0 Å². The molecule has 5 nitrogen and oxygen atoms in total. The van der Waals surface area contributed by atoms with Gasteiger partial charge in [0.1, 0.15) is 5.82 Å². The van der Waals surface area contributed by atoms with Crippen LogP contribution in [-0.2, 0) is 15.8 Å². The second kappa shape index (κ2) is 6.76. The van der Waals surface area contributed by atoms with Crippen LogP contribution >= 0.6 is 11.6 Å². The van der Waals surface area contributed by atoms with Crippen LogP contribution in [0.1, 0.15) is 15.9 Å². The summed E-state index contributed by atoms with van der Waals surface area (Å²) in [6, 6.07) is 1.67. The molecule has 0 radical (unpaired) electrons. The molecule has 0 aliphatic carbocycles. The lowest BCUT2D eigenvalue weighted by molar-refractivity contribution is -0.141. The number of nitrogens with zero attached hydrogens (tertiary/aromatic N) is 2. The van der Waals surface area contributed by atoms with E-state index in [4.69, 9.17) is 11.6 Å². The number of carbonyl (C=O) groups is 3. The molecule has 0 saturated carbocycles. The first-order chi connectivity index (χ1) is 11.1. The van der Waals surface area contributed by atoms with Gasteiger partial charge in [-0.2, -0.15) is 13.2 Å². The highest BCUT2D eigenvalue weighted by molar-refractivity contribution is 6.80. The highest BCUT2D eigenvalue weighted by atomic mass is 35.5. The Kier molecular flexibility index (Phi) is 5.12. The van der Waals surface area contributed by atoms with Crippen molar-refractivity contribution in [1.29, 1.82) is 0 Å². The van der Waals surface area contributed by atoms with Crippen LogP contribution in [0.25, 0.3) is 0 Å². The van der Waals surface area contributed by atoms with Gasteiger partial charge in [-0.25, -0.2) is 4.39 Å². The SMILES string of the molecule is O=C(Cl)C(=O)N1CCN(C(=O)c2cc(F)ccc2C(F)(F)F)CC1. The van der Waals surface area contributed by atoms with Gasteiger partial charge in [0.25, 0.3) is 5.91 Å². The van der Waals surface area contributed by atoms with Gasteiger partial charge < -0.3 is 9.80 Å². The van der Waals surface area contributed by atoms with Crippen molar-refractivity contribution < 1.29 is 31.9 Å². The zero-order chi connectivity index (χ0) is 18.1. The van der Waals surface area contributed by atoms with Gasteiger partial charge in [-0.15, -0.1) is 0 Å². The summed E-state index contributed by atoms with van der Waals surface area (Å²) in [4.78, 5) is 36.7. The van der Waals surface area contributed by atoms with Crippen LogP contribution in [0.3, 0.4) is 0 Å². The van der Waals surface area contributed by atoms with Crippen LogP contribution < -0.4 is 0 Å². The first-order valence-electron chi connectivity index (χ1n) is 6.76. The summed E-state index contributed by atoms with van der Waals surface area (Å²) in [5, 5.41) is -1.18. The van der Waals surface area contributed by atoms with E-state index in [1.807, 2.05) is 0 Å². The summed E-state index contributed by atoms with van der Waals surface area (Å²) in [7, 11) is 0. The van der Waals surface area contributed by atoms with Gasteiger partial charge in [-0.3, -0.25) is 14.4 Å². The van der Waals surface area contributed by atoms with Gasteiger partial charge in [0.05, 0.1) is 11.1 Å². The van der Waals surface area contributed by atoms with Crippen molar-refractivity contribution in [2.24, 2.45) is 0 Å². The van der Waals surface area contributed by atoms with Crippen LogP contribution in [0.4, 0.5) is 17.6 Å². The van der Waals surface area contributed by atoms with Crippen molar-refractivity contribution >= 4 is 28.7 Å². The number of carbonyl (C=O) groups excluding carboxylic acids is 3. The molecule has 0 unspecified atom stereocenters. The topological polar surface area (TPSA) is 57.7 Å². The normalized spacial score (nSPS) is 15.4. The molecule has 2 amide bonds. The van der Waals surface area contributed by atoms with E-state index >= 15 is 0 Å². The molecule has 1 saturated heterocycles. The predicted octanol–water partition coefficient (Wildman–Crippen LogP) is 1.89. The molecular weight excluding hydrogens is 356 g/mol. The molecular formula is C14H11ClF4N2O3. The maximum atomic E-state index is 13.3. The van der Waals surface area contributed by atoms with Crippen molar-refractivity contribution in [3.05, 3.63) is 35.1 Å². The standard InChI is InChI=1S/C14H11ClF4N2O3/c15-11(22)13(24)21-5-3-20(4-6-21)12(23)9-7-8(16)1-2-10(9)14(17,18)19/h1-2,7H,3-6H2. The number of alkyl halides is 3. The average molecular weight is 367 g/mol. The van der Waals surface area contributed by atoms with E-state index in [1.165, 1.54) is 0 Å². The smallest absolute Gasteiger partial charge is 0.335 e. The summed E-state index contributed by atoms with van der Waals surface area (Å²) in [5.74, 6) is -2.90. The molecule has 0 atom stereocenters. The molecule has 2 rings (SSSR count). The first-order valence-corrected chi connectivity index (χ1v) is 7.14. The van der Waals surface area contributed by atoms with Gasteiger partial charge in [0.15, 0.2) is 0 Å². The fourth-order valence-corrected chi connectivity index (χ4v) is 2.47. The predicted molar refractivity (Wildman–Crippen MR) is 74.7 cm³/mol. The van der Waals surface area contributed by atoms with Gasteiger partial charge in [-0.1, -0.05) is 0 Å². The Hall–Kier alpha value is -2.16. The van der Waals surface area contributed by atoms with E-state index < -0.39 is 40.2 Å². The Labute approximate surface area is 138 Å². The van der Waals surface area contributed by atoms with Crippen LogP contribution in [0, 0.1) is 5.82 Å². The summed E-state index contributed by atoms with van der Waals surface area (Å²) in [6.45, 7) is -0.301. The molecule has 1 aromatic rings. The Balaban J connectivity index is 2.18. The maximum absolute atomic E-state index is 13.3. The highest BCUT2D eigenvalue weighted by Gasteiger charge is 2.37. The van der Waals surface area contributed by atoms with Crippen LogP contribution in [-0.4, -0.2) is 53.0 Å². The number of hydrogen-bond donors (Lipinski definition) is 0. The number of hydrogen-bond acceptors (Lipinski definition) is 3. The second-order valence-electron chi connectivity index (χ2n) is 5.05. The minimum atomic E-state index is -4.80. The number of halogens is 5. The molecule has 10 heteroatoms. The van der Waals surface area contributed by atoms with Gasteiger partial charge in [0.2, 0.25) is 0 Å². The van der Waals surface area contributed by atoms with Crippen molar-refractivity contribution in [3.63, 3.8) is 0 Å². The lowest BCUT2D eigenvalue weighted by Gasteiger charge is -2.34. The van der Waals surface area contributed by atoms with E-state index in [9.17, 15) is 31.9 Å². The minimum absolute atomic E-state index is 0.0559. The van der Waals surface area contributed by atoms with E-state index in [0.717, 1.165) is 9.80 Å². The molecule has 24 heavy (non-hydrogen) atoms. The molecule has 1 aliphatic heterocycles. The Morgan fingerprint density at radius 1 is 1.00 bits per heavy atom. The van der Waals surface area contributed by atoms with Crippen LogP contribution in [0.5, 0.6) is 0 Å². The van der Waals surface area contributed by atoms with Gasteiger partial charge >= 0.3 is 17.3 Å². The molecule has 1 aromatic carbocycles. The number of benzene rings is 1. The molecule has 1 aliphatic rings. The number of rotatable bonds is 2. The van der Waals surface area contributed by atoms with E-state index in [2.05, 4.69) is 0 Å². The molecule has 1 fully saturated rings. The first kappa shape index (κ1) is 18.2. The monoisotopic (exact) mass is 366 g/mol. The second-order valence-corrected chi connectivity index (χ2v) is 5.39. The average Bonchev–Trinajstić information content (AvgIpc) is 2.52. The lowest BCUT2D eigenvalue weighted by Crippen LogP contribution is -2.51. The van der Waals surface area contributed by atoms with Crippen molar-refractivity contribution in [2.45, 2.75) is 6.18 Å². The quantitative estimate of drug-likeness (QED) is 0.456. The molecule has 1 heterocycles. The van der Waals surface area contributed by atoms with Crippen molar-refractivity contribution in [3.8, 4) is 0 Å². The molecule has 0 aromatic heterocycles. The molecule has 0 bridgehead atoms. The molecule has 130 valence electrons. The maximum Gasteiger partial charge on any atom is 0.417 e. The molecule has 0 N–H and O–H groups in total. The fraction of sp³-hybridized carbons (Fsp3) is 0.357. The van der Waals surface area contributed by atoms with Gasteiger partial charge in [0, 0.05) is 26.2 Å². The third-order valence-electron chi connectivity index (χ3n) is 3.54. The highest BCUT2D eigenvalue weighted by Crippen LogP contribution is 2.33. The van der Waals surface area contributed by atoms with Crippen LogP contribution in [0.15, 0.2) is 18.2 Å². The summed E-state index contributed by atoms with van der Waals surface area (Å²) in [6.07, 6.45) is -4.80. The van der Waals surface area contributed by atoms with Crippen molar-refractivity contribution in [2.75, 3.05) is 26.2 Å². The summed E-state index contributed by atoms with van der Waals surface area (Å²) < 4.78 is 52.2. The lowest BCUT2D eigenvalue weighted by atomic mass is 10.0. The fourth-order valence-electron chi connectivity index (χ4n) is 2.35. The zero-order valence-corrected chi connectivity index (χ0v) is 12.8. The third kappa shape index (κ3) is 3.84. The Morgan fingerprint density at radius 2 is 1.54 bits per heavy atom. The van der Waals surface area contributed by atoms with Gasteiger partial charge in [-0.05, 0) is 29.8 Å². The largest absolute Gasteiger partial charge is 0.417 e. The minimum Gasteiger partial charge on any atom is -0.335 e. The zero-order valence-electron chi connectivity index (χ0n) is 12.1. The van der Waals surface area contributed by atoms with E-state index in [-0.39, 0.29) is 26.2 Å². The van der Waals surface area contributed by atoms with E-state index in [0.29, 0.717) is 18.2 Å². The number of piperazine rings is 1. The van der Waals surface area contributed by atoms with Crippen LogP contribution in [0.2, 0.25) is 0 Å². The summed E-state index contributed by atoms with van der Waals surface area (Å²) in [5.41, 5.74) is -2.03. The summed E-state index contributed by atoms with van der Waals surface area (Å²) >= 11 is 5.07.